The summed E-state index contributed by atoms with van der Waals surface area (Å²) in [6.07, 6.45) is 9.38. The van der Waals surface area contributed by atoms with Crippen LogP contribution in [0.1, 0.15) is 35.8 Å². The zero-order valence-corrected chi connectivity index (χ0v) is 17.9. The van der Waals surface area contributed by atoms with Crippen LogP contribution < -0.4 is 10.6 Å². The Balaban J connectivity index is 1.33. The lowest BCUT2D eigenvalue weighted by Crippen LogP contribution is -2.44. The van der Waals surface area contributed by atoms with Crippen LogP contribution in [0.3, 0.4) is 0 Å². The van der Waals surface area contributed by atoms with Crippen molar-refractivity contribution in [3.8, 4) is 11.3 Å². The summed E-state index contributed by atoms with van der Waals surface area (Å²) in [6.45, 7) is 3.68. The predicted molar refractivity (Wildman–Crippen MR) is 120 cm³/mol. The van der Waals surface area contributed by atoms with E-state index in [9.17, 15) is 4.39 Å². The van der Waals surface area contributed by atoms with Crippen LogP contribution >= 0.6 is 0 Å². The second-order valence-electron chi connectivity index (χ2n) is 8.93. The second kappa shape index (κ2) is 7.06. The first kappa shape index (κ1) is 19.3. The first-order valence-corrected chi connectivity index (χ1v) is 11.0. The maximum Gasteiger partial charge on any atom is 0.155 e. The van der Waals surface area contributed by atoms with Crippen molar-refractivity contribution in [2.24, 2.45) is 11.1 Å². The highest BCUT2D eigenvalue weighted by atomic mass is 19.1. The fourth-order valence-electron chi connectivity index (χ4n) is 5.48. The van der Waals surface area contributed by atoms with Crippen molar-refractivity contribution in [3.05, 3.63) is 71.8 Å². The van der Waals surface area contributed by atoms with Crippen molar-refractivity contribution in [1.82, 2.24) is 24.6 Å². The van der Waals surface area contributed by atoms with E-state index in [-0.39, 0.29) is 17.3 Å². The first-order valence-electron chi connectivity index (χ1n) is 11.0. The first-order chi connectivity index (χ1) is 15.6. The number of fused-ring (bicyclic) bond motifs is 2. The Labute approximate surface area is 185 Å². The number of pyridine rings is 2. The molecule has 162 valence electrons. The Kier molecular flexibility index (Phi) is 4.26. The third kappa shape index (κ3) is 2.82. The minimum atomic E-state index is -0.379. The molecule has 4 aromatic rings. The number of hydrogen-bond donors (Lipinski definition) is 1. The molecule has 1 aliphatic carbocycles. The highest BCUT2D eigenvalue weighted by molar-refractivity contribution is 5.75. The van der Waals surface area contributed by atoms with Gasteiger partial charge in [0.1, 0.15) is 11.3 Å². The minimum Gasteiger partial charge on any atom is -0.355 e. The molecular weight excluding hydrogens is 405 g/mol. The van der Waals surface area contributed by atoms with Gasteiger partial charge in [0, 0.05) is 42.8 Å². The molecule has 2 aliphatic rings. The molecule has 5 heterocycles. The van der Waals surface area contributed by atoms with E-state index in [1.165, 1.54) is 17.8 Å². The van der Waals surface area contributed by atoms with Crippen LogP contribution in [0.4, 0.5) is 10.2 Å². The predicted octanol–water partition coefficient (Wildman–Crippen LogP) is 3.48. The normalized spacial score (nSPS) is 19.6. The van der Waals surface area contributed by atoms with E-state index < -0.39 is 0 Å². The van der Waals surface area contributed by atoms with Gasteiger partial charge in [-0.2, -0.15) is 5.10 Å². The minimum absolute atomic E-state index is 0.0286. The molecule has 0 amide bonds. The number of halogens is 1. The summed E-state index contributed by atoms with van der Waals surface area (Å²) >= 11 is 0. The number of anilines is 1. The van der Waals surface area contributed by atoms with E-state index >= 15 is 0 Å². The van der Waals surface area contributed by atoms with E-state index in [1.54, 1.807) is 12.4 Å². The molecule has 1 atom stereocenters. The van der Waals surface area contributed by atoms with Gasteiger partial charge in [-0.3, -0.25) is 9.97 Å². The quantitative estimate of drug-likeness (QED) is 0.525. The third-order valence-corrected chi connectivity index (χ3v) is 7.18. The molecular formula is C24H24FN7. The maximum atomic E-state index is 13.8. The zero-order chi connectivity index (χ0) is 21.9. The molecule has 1 fully saturated rings. The van der Waals surface area contributed by atoms with E-state index in [0.717, 1.165) is 60.8 Å². The third-order valence-electron chi connectivity index (χ3n) is 7.18. The molecule has 0 radical (unpaired) electrons. The Morgan fingerprint density at radius 1 is 1.16 bits per heavy atom. The van der Waals surface area contributed by atoms with Gasteiger partial charge in [0.15, 0.2) is 5.82 Å². The smallest absolute Gasteiger partial charge is 0.155 e. The lowest BCUT2D eigenvalue weighted by atomic mass is 9.73. The molecule has 0 unspecified atom stereocenters. The average molecular weight is 430 g/mol. The average Bonchev–Trinajstić information content (AvgIpc) is 3.38. The molecule has 1 aliphatic heterocycles. The number of piperidine rings is 1. The summed E-state index contributed by atoms with van der Waals surface area (Å²) in [4.78, 5) is 15.8. The molecule has 2 N–H and O–H groups in total. The number of nitrogens with two attached hydrogens (primary N) is 1. The van der Waals surface area contributed by atoms with Crippen LogP contribution in [0.25, 0.3) is 16.8 Å². The molecule has 0 aromatic carbocycles. The Morgan fingerprint density at radius 2 is 2.00 bits per heavy atom. The van der Waals surface area contributed by atoms with Gasteiger partial charge in [0.25, 0.3) is 0 Å². The van der Waals surface area contributed by atoms with Crippen molar-refractivity contribution in [2.45, 2.75) is 32.2 Å². The van der Waals surface area contributed by atoms with Gasteiger partial charge in [-0.25, -0.2) is 13.9 Å². The molecule has 4 aromatic heterocycles. The number of aryl methyl sites for hydroxylation is 1. The highest BCUT2D eigenvalue weighted by Gasteiger charge is 2.46. The molecule has 0 bridgehead atoms. The second-order valence-corrected chi connectivity index (χ2v) is 8.93. The van der Waals surface area contributed by atoms with Crippen LogP contribution in [0, 0.1) is 18.2 Å². The zero-order valence-electron chi connectivity index (χ0n) is 17.9. The van der Waals surface area contributed by atoms with E-state index in [0.29, 0.717) is 5.56 Å². The van der Waals surface area contributed by atoms with Crippen molar-refractivity contribution >= 4 is 11.3 Å². The molecule has 1 spiro atoms. The van der Waals surface area contributed by atoms with E-state index in [4.69, 9.17) is 10.7 Å². The summed E-state index contributed by atoms with van der Waals surface area (Å²) in [7, 11) is 0. The molecule has 8 heteroatoms. The lowest BCUT2D eigenvalue weighted by Gasteiger charge is -2.42. The Hall–Kier alpha value is -3.39. The van der Waals surface area contributed by atoms with E-state index in [2.05, 4.69) is 26.0 Å². The summed E-state index contributed by atoms with van der Waals surface area (Å²) < 4.78 is 15.7. The Bertz CT molecular complexity index is 1320. The van der Waals surface area contributed by atoms with Gasteiger partial charge in [0.05, 0.1) is 23.8 Å². The van der Waals surface area contributed by atoms with Gasteiger partial charge >= 0.3 is 0 Å². The topological polar surface area (TPSA) is 85.2 Å². The molecule has 1 saturated heterocycles. The van der Waals surface area contributed by atoms with Gasteiger partial charge in [-0.1, -0.05) is 6.07 Å². The highest BCUT2D eigenvalue weighted by Crippen LogP contribution is 2.50. The Morgan fingerprint density at radius 3 is 2.78 bits per heavy atom. The van der Waals surface area contributed by atoms with Crippen molar-refractivity contribution in [3.63, 3.8) is 0 Å². The number of nitrogens with zero attached hydrogens (tertiary/aromatic N) is 6. The summed E-state index contributed by atoms with van der Waals surface area (Å²) in [6, 6.07) is 7.56. The van der Waals surface area contributed by atoms with Crippen molar-refractivity contribution < 1.29 is 4.39 Å². The van der Waals surface area contributed by atoms with Crippen molar-refractivity contribution in [1.29, 1.82) is 0 Å². The number of aromatic nitrogens is 5. The molecule has 32 heavy (non-hydrogen) atoms. The van der Waals surface area contributed by atoms with Crippen LogP contribution in [0.5, 0.6) is 0 Å². The standard InChI is InChI=1S/C24H24FN7/c1-15-21(16-11-17(25)14-27-13-16)32-20(4-8-29-32)23(30-15)31-9-5-24(6-10-31)12-19-18(22(24)26)3-2-7-28-19/h2-4,7-8,11,13-14,22H,5-6,9-10,12,26H2,1H3/t22-/m1/s1. The summed E-state index contributed by atoms with van der Waals surface area (Å²) in [5.74, 6) is 0.529. The van der Waals surface area contributed by atoms with Crippen LogP contribution in [0.2, 0.25) is 0 Å². The van der Waals surface area contributed by atoms with Gasteiger partial charge in [0.2, 0.25) is 0 Å². The SMILES string of the molecule is Cc1nc(N2CCC3(CC2)Cc2ncccc2[C@H]3N)c2ccnn2c1-c1cncc(F)c1. The monoisotopic (exact) mass is 429 g/mol. The van der Waals surface area contributed by atoms with Crippen molar-refractivity contribution in [2.75, 3.05) is 18.0 Å². The molecule has 7 nitrogen and oxygen atoms in total. The fraction of sp³-hybridized carbons (Fsp3) is 0.333. The van der Waals surface area contributed by atoms with Crippen LogP contribution in [-0.2, 0) is 6.42 Å². The van der Waals surface area contributed by atoms with Crippen LogP contribution in [0.15, 0.2) is 49.1 Å². The summed E-state index contributed by atoms with van der Waals surface area (Å²) in [5, 5.41) is 4.52. The van der Waals surface area contributed by atoms with Gasteiger partial charge in [-0.15, -0.1) is 0 Å². The largest absolute Gasteiger partial charge is 0.355 e. The fourth-order valence-corrected chi connectivity index (χ4v) is 5.48. The van der Waals surface area contributed by atoms with Gasteiger partial charge < -0.3 is 10.6 Å². The van der Waals surface area contributed by atoms with Crippen LogP contribution in [-0.4, -0.2) is 37.7 Å². The van der Waals surface area contributed by atoms with E-state index in [1.807, 2.05) is 29.8 Å². The molecule has 6 rings (SSSR count). The molecule has 0 saturated carbocycles. The number of hydrogen-bond acceptors (Lipinski definition) is 6. The summed E-state index contributed by atoms with van der Waals surface area (Å²) in [5.41, 5.74) is 12.2. The number of rotatable bonds is 2. The lowest BCUT2D eigenvalue weighted by molar-refractivity contribution is 0.187. The van der Waals surface area contributed by atoms with Gasteiger partial charge in [-0.05, 0) is 55.4 Å². The maximum absolute atomic E-state index is 13.8.